The molecule has 0 saturated heterocycles. The lowest BCUT2D eigenvalue weighted by atomic mass is 9.98. The number of ether oxygens (including phenoxy) is 3. The van der Waals surface area contributed by atoms with Crippen LogP contribution in [0.1, 0.15) is 157 Å². The lowest BCUT2D eigenvalue weighted by molar-refractivity contribution is -0.155. The number of carbonyl (C=O) groups excluding carboxylic acids is 2. The zero-order chi connectivity index (χ0) is 27.9. The monoisotopic (exact) mass is 525 g/mol. The van der Waals surface area contributed by atoms with Crippen molar-refractivity contribution in [2.24, 2.45) is 5.92 Å². The summed E-state index contributed by atoms with van der Waals surface area (Å²) in [5.74, 6) is 0.516. The zero-order valence-electron chi connectivity index (χ0n) is 25.1. The molecule has 0 aliphatic carbocycles. The van der Waals surface area contributed by atoms with Gasteiger partial charge in [0, 0.05) is 19.8 Å². The predicted molar refractivity (Wildman–Crippen MR) is 153 cm³/mol. The Balaban J connectivity index is 3.47. The minimum absolute atomic E-state index is 0.0301. The Morgan fingerprint density at radius 3 is 1.57 bits per heavy atom. The van der Waals surface area contributed by atoms with E-state index in [1.54, 1.807) is 6.92 Å². The SMILES string of the molecule is CC(=N)OCCCCCC(C)C(C)OC(=O)CCCCCCCCCCCCCCC(=O)OC(C)(C)C. The van der Waals surface area contributed by atoms with Crippen LogP contribution in [0.4, 0.5) is 0 Å². The van der Waals surface area contributed by atoms with E-state index in [1.807, 2.05) is 27.7 Å². The van der Waals surface area contributed by atoms with E-state index < -0.39 is 0 Å². The van der Waals surface area contributed by atoms with E-state index in [4.69, 9.17) is 19.6 Å². The molecule has 2 atom stereocenters. The van der Waals surface area contributed by atoms with Crippen molar-refractivity contribution < 1.29 is 23.8 Å². The maximum absolute atomic E-state index is 12.1. The lowest BCUT2D eigenvalue weighted by Crippen LogP contribution is -2.23. The van der Waals surface area contributed by atoms with Gasteiger partial charge in [0.1, 0.15) is 11.7 Å². The van der Waals surface area contributed by atoms with E-state index in [9.17, 15) is 9.59 Å². The van der Waals surface area contributed by atoms with Crippen molar-refractivity contribution in [1.29, 1.82) is 5.41 Å². The quantitative estimate of drug-likeness (QED) is 0.0623. The molecule has 37 heavy (non-hydrogen) atoms. The molecule has 0 rings (SSSR count). The van der Waals surface area contributed by atoms with Crippen molar-refractivity contribution in [3.8, 4) is 0 Å². The third kappa shape index (κ3) is 25.8. The molecule has 6 heteroatoms. The number of hydrogen-bond acceptors (Lipinski definition) is 6. The largest absolute Gasteiger partial charge is 0.481 e. The molecule has 1 N–H and O–H groups in total. The zero-order valence-corrected chi connectivity index (χ0v) is 25.1. The number of unbranched alkanes of at least 4 members (excludes halogenated alkanes) is 13. The normalized spacial score (nSPS) is 13.1. The summed E-state index contributed by atoms with van der Waals surface area (Å²) >= 11 is 0. The van der Waals surface area contributed by atoms with Crippen LogP contribution in [-0.4, -0.2) is 36.1 Å². The van der Waals surface area contributed by atoms with Crippen LogP contribution in [0.25, 0.3) is 0 Å². The second-order valence-electron chi connectivity index (χ2n) is 11.8. The molecule has 0 saturated carbocycles. The van der Waals surface area contributed by atoms with Crippen molar-refractivity contribution in [2.75, 3.05) is 6.61 Å². The standard InChI is InChI=1S/C31H59NO5/c1-26(22-18-17-21-25-35-28(3)32)27(2)36-29(33)23-19-15-13-11-9-7-8-10-12-14-16-20-24-30(34)37-31(4,5)6/h26-27,32H,7-25H2,1-6H3. The average molecular weight is 526 g/mol. The molecule has 0 bridgehead atoms. The summed E-state index contributed by atoms with van der Waals surface area (Å²) in [6.45, 7) is 12.2. The fourth-order valence-corrected chi connectivity index (χ4v) is 4.29. The predicted octanol–water partition coefficient (Wildman–Crippen LogP) is 8.93. The number of rotatable bonds is 23. The fourth-order valence-electron chi connectivity index (χ4n) is 4.29. The first kappa shape index (κ1) is 35.4. The molecule has 6 nitrogen and oxygen atoms in total. The van der Waals surface area contributed by atoms with Gasteiger partial charge in [-0.1, -0.05) is 84.0 Å². The van der Waals surface area contributed by atoms with Crippen LogP contribution in [0, 0.1) is 11.3 Å². The first-order valence-corrected chi connectivity index (χ1v) is 15.1. The highest BCUT2D eigenvalue weighted by molar-refractivity contribution is 5.70. The molecule has 0 fully saturated rings. The Kier molecular flexibility index (Phi) is 21.4. The summed E-state index contributed by atoms with van der Waals surface area (Å²) in [6.07, 6.45) is 19.4. The number of esters is 2. The summed E-state index contributed by atoms with van der Waals surface area (Å²) in [5, 5.41) is 7.24. The van der Waals surface area contributed by atoms with Crippen LogP contribution >= 0.6 is 0 Å². The number of carbonyl (C=O) groups is 2. The van der Waals surface area contributed by atoms with E-state index in [0.717, 1.165) is 51.4 Å². The first-order valence-electron chi connectivity index (χ1n) is 15.1. The summed E-state index contributed by atoms with van der Waals surface area (Å²) in [6, 6.07) is 0. The summed E-state index contributed by atoms with van der Waals surface area (Å²) in [5.41, 5.74) is -0.376. The van der Waals surface area contributed by atoms with Gasteiger partial charge in [-0.25, -0.2) is 0 Å². The first-order chi connectivity index (χ1) is 17.5. The fraction of sp³-hybridized carbons (Fsp3) is 0.903. The second-order valence-corrected chi connectivity index (χ2v) is 11.8. The minimum Gasteiger partial charge on any atom is -0.481 e. The highest BCUT2D eigenvalue weighted by atomic mass is 16.6. The van der Waals surface area contributed by atoms with Crippen LogP contribution in [0.15, 0.2) is 0 Å². The molecule has 0 heterocycles. The van der Waals surface area contributed by atoms with Gasteiger partial charge in [-0.2, -0.15) is 0 Å². The molecular formula is C31H59NO5. The van der Waals surface area contributed by atoms with E-state index in [-0.39, 0.29) is 29.5 Å². The molecule has 218 valence electrons. The molecule has 0 aromatic rings. The van der Waals surface area contributed by atoms with Gasteiger partial charge in [-0.15, -0.1) is 0 Å². The van der Waals surface area contributed by atoms with Crippen molar-refractivity contribution in [1.82, 2.24) is 0 Å². The molecule has 0 spiro atoms. The van der Waals surface area contributed by atoms with Gasteiger partial charge in [0.25, 0.3) is 0 Å². The Morgan fingerprint density at radius 1 is 0.676 bits per heavy atom. The summed E-state index contributed by atoms with van der Waals surface area (Å²) < 4.78 is 16.1. The minimum atomic E-state index is -0.376. The van der Waals surface area contributed by atoms with Crippen LogP contribution in [-0.2, 0) is 23.8 Å². The van der Waals surface area contributed by atoms with Crippen molar-refractivity contribution in [3.63, 3.8) is 0 Å². The van der Waals surface area contributed by atoms with Gasteiger partial charge in [0.15, 0.2) is 5.90 Å². The van der Waals surface area contributed by atoms with Gasteiger partial charge in [0.2, 0.25) is 0 Å². The molecule has 0 aromatic heterocycles. The number of hydrogen-bond donors (Lipinski definition) is 1. The van der Waals surface area contributed by atoms with E-state index in [2.05, 4.69) is 6.92 Å². The van der Waals surface area contributed by atoms with Gasteiger partial charge in [0.05, 0.1) is 6.61 Å². The van der Waals surface area contributed by atoms with Crippen LogP contribution in [0.3, 0.4) is 0 Å². The smallest absolute Gasteiger partial charge is 0.306 e. The third-order valence-corrected chi connectivity index (χ3v) is 6.67. The molecular weight excluding hydrogens is 466 g/mol. The highest BCUT2D eigenvalue weighted by Gasteiger charge is 2.17. The maximum atomic E-state index is 12.1. The van der Waals surface area contributed by atoms with E-state index in [1.165, 1.54) is 51.4 Å². The maximum Gasteiger partial charge on any atom is 0.306 e. The Bertz CT molecular complexity index is 599. The van der Waals surface area contributed by atoms with Crippen LogP contribution in [0.2, 0.25) is 0 Å². The van der Waals surface area contributed by atoms with E-state index >= 15 is 0 Å². The lowest BCUT2D eigenvalue weighted by Gasteiger charge is -2.20. The van der Waals surface area contributed by atoms with Gasteiger partial charge in [-0.3, -0.25) is 15.0 Å². The molecule has 0 aromatic carbocycles. The van der Waals surface area contributed by atoms with E-state index in [0.29, 0.717) is 25.4 Å². The van der Waals surface area contributed by atoms with Crippen LogP contribution in [0.5, 0.6) is 0 Å². The molecule has 0 amide bonds. The van der Waals surface area contributed by atoms with Gasteiger partial charge in [-0.05, 0) is 59.3 Å². The van der Waals surface area contributed by atoms with Gasteiger partial charge < -0.3 is 14.2 Å². The molecule has 0 radical (unpaired) electrons. The average Bonchev–Trinajstić information content (AvgIpc) is 2.79. The molecule has 0 aliphatic heterocycles. The van der Waals surface area contributed by atoms with Crippen LogP contribution < -0.4 is 0 Å². The Hall–Kier alpha value is -1.59. The molecule has 0 aliphatic rings. The second kappa shape index (κ2) is 22.4. The van der Waals surface area contributed by atoms with Crippen molar-refractivity contribution in [2.45, 2.75) is 169 Å². The summed E-state index contributed by atoms with van der Waals surface area (Å²) in [7, 11) is 0. The number of nitrogens with one attached hydrogen (secondary N) is 1. The Morgan fingerprint density at radius 2 is 1.11 bits per heavy atom. The topological polar surface area (TPSA) is 85.7 Å². The van der Waals surface area contributed by atoms with Crippen molar-refractivity contribution in [3.05, 3.63) is 0 Å². The summed E-state index contributed by atoms with van der Waals surface area (Å²) in [4.78, 5) is 23.8. The van der Waals surface area contributed by atoms with Gasteiger partial charge >= 0.3 is 11.9 Å². The molecule has 2 unspecified atom stereocenters. The third-order valence-electron chi connectivity index (χ3n) is 6.67. The van der Waals surface area contributed by atoms with Crippen molar-refractivity contribution >= 4 is 17.8 Å². The highest BCUT2D eigenvalue weighted by Crippen LogP contribution is 2.18. The Labute approximate surface area is 228 Å².